The van der Waals surface area contributed by atoms with Gasteiger partial charge in [0, 0.05) is 42.0 Å². The van der Waals surface area contributed by atoms with E-state index >= 15 is 0 Å². The number of likely N-dealkylation sites (tertiary alicyclic amines) is 1. The number of piperidine rings is 1. The normalized spacial score (nSPS) is 19.3. The van der Waals surface area contributed by atoms with Crippen molar-refractivity contribution in [1.29, 1.82) is 0 Å². The van der Waals surface area contributed by atoms with Gasteiger partial charge in [0.15, 0.2) is 0 Å². The van der Waals surface area contributed by atoms with Crippen molar-refractivity contribution in [3.63, 3.8) is 0 Å². The third kappa shape index (κ3) is 3.71. The molecule has 0 atom stereocenters. The second-order valence-corrected chi connectivity index (χ2v) is 7.74. The van der Waals surface area contributed by atoms with Gasteiger partial charge in [0.2, 0.25) is 0 Å². The molecule has 1 fully saturated rings. The third-order valence-electron chi connectivity index (χ3n) is 5.55. The van der Waals surface area contributed by atoms with Crippen molar-refractivity contribution in [2.45, 2.75) is 18.9 Å². The van der Waals surface area contributed by atoms with Gasteiger partial charge in [0.25, 0.3) is 5.91 Å². The van der Waals surface area contributed by atoms with Gasteiger partial charge in [0.1, 0.15) is 29.0 Å². The third-order valence-corrected chi connectivity index (χ3v) is 5.55. The molecule has 2 N–H and O–H groups in total. The lowest BCUT2D eigenvalue weighted by Crippen LogP contribution is -2.35. The van der Waals surface area contributed by atoms with Crippen molar-refractivity contribution >= 4 is 28.9 Å². The summed E-state index contributed by atoms with van der Waals surface area (Å²) in [4.78, 5) is 26.7. The van der Waals surface area contributed by atoms with Gasteiger partial charge in [-0.15, -0.1) is 0 Å². The first-order valence-corrected chi connectivity index (χ1v) is 10.2. The topological polar surface area (TPSA) is 82.6 Å². The highest BCUT2D eigenvalue weighted by molar-refractivity contribution is 6.20. The average Bonchev–Trinajstić information content (AvgIpc) is 3.34. The van der Waals surface area contributed by atoms with E-state index in [0.29, 0.717) is 11.5 Å². The zero-order chi connectivity index (χ0) is 20.5. The summed E-state index contributed by atoms with van der Waals surface area (Å²) in [5.41, 5.74) is 2.87. The Morgan fingerprint density at radius 1 is 1.20 bits per heavy atom. The minimum absolute atomic E-state index is 0.218. The molecular formula is C23H23N5O2. The molecule has 2 aliphatic rings. The maximum atomic E-state index is 12.5. The Labute approximate surface area is 174 Å². The van der Waals surface area contributed by atoms with Gasteiger partial charge in [-0.25, -0.2) is 9.98 Å². The standard InChI is InChI=1S/C23H23N5O2/c1-28-10-7-17(8-11-28)30-18-5-2-4-15(12-18)21-26-20(23(29)27-21)13-16-14-25-22-19(16)6-3-9-24-22/h2-6,9,12-14,17H,7-8,10-11H2,1H3,(H,24,25)(H,26,27,29). The molecule has 4 heterocycles. The number of nitrogens with one attached hydrogen (secondary N) is 2. The number of carbonyl (C=O) groups is 1. The lowest BCUT2D eigenvalue weighted by molar-refractivity contribution is -0.115. The van der Waals surface area contributed by atoms with Gasteiger partial charge in [-0.2, -0.15) is 0 Å². The van der Waals surface area contributed by atoms with Crippen molar-refractivity contribution in [3.8, 4) is 5.75 Å². The number of aliphatic imine (C=N–C) groups is 1. The molecule has 0 radical (unpaired) electrons. The Morgan fingerprint density at radius 3 is 2.93 bits per heavy atom. The van der Waals surface area contributed by atoms with Crippen LogP contribution in [0, 0.1) is 0 Å². The minimum atomic E-state index is -0.218. The molecule has 0 bridgehead atoms. The Balaban J connectivity index is 1.38. The number of aromatic nitrogens is 2. The first kappa shape index (κ1) is 18.6. The number of nitrogens with zero attached hydrogens (tertiary/aromatic N) is 3. The maximum Gasteiger partial charge on any atom is 0.275 e. The van der Waals surface area contributed by atoms with E-state index in [9.17, 15) is 4.79 Å². The fourth-order valence-electron chi connectivity index (χ4n) is 3.86. The van der Waals surface area contributed by atoms with Crippen molar-refractivity contribution in [1.82, 2.24) is 20.2 Å². The van der Waals surface area contributed by atoms with E-state index in [1.54, 1.807) is 12.3 Å². The number of carbonyl (C=O) groups excluding carboxylic acids is 1. The zero-order valence-electron chi connectivity index (χ0n) is 16.8. The Kier molecular flexibility index (Phi) is 4.80. The molecule has 0 saturated carbocycles. The van der Waals surface area contributed by atoms with Crippen LogP contribution in [0.2, 0.25) is 0 Å². The molecule has 7 heteroatoms. The molecule has 1 aromatic carbocycles. The van der Waals surface area contributed by atoms with Gasteiger partial charge in [-0.1, -0.05) is 12.1 Å². The van der Waals surface area contributed by atoms with E-state index in [0.717, 1.165) is 53.8 Å². The highest BCUT2D eigenvalue weighted by atomic mass is 16.5. The summed E-state index contributed by atoms with van der Waals surface area (Å²) < 4.78 is 6.17. The Bertz CT molecular complexity index is 1160. The van der Waals surface area contributed by atoms with Crippen LogP contribution < -0.4 is 10.1 Å². The molecule has 5 rings (SSSR count). The number of pyridine rings is 1. The molecule has 152 valence electrons. The van der Waals surface area contributed by atoms with Crippen molar-refractivity contribution in [2.24, 2.45) is 4.99 Å². The fraction of sp³-hybridized carbons (Fsp3) is 0.261. The molecule has 0 spiro atoms. The predicted octanol–water partition coefficient (Wildman–Crippen LogP) is 2.95. The lowest BCUT2D eigenvalue weighted by Gasteiger charge is -2.29. The van der Waals surface area contributed by atoms with Crippen LogP contribution in [-0.2, 0) is 4.79 Å². The molecule has 1 amide bonds. The van der Waals surface area contributed by atoms with Crippen LogP contribution in [0.15, 0.2) is 59.5 Å². The molecule has 30 heavy (non-hydrogen) atoms. The SMILES string of the molecule is CN1CCC(Oc2cccc(C3=NC(=Cc4c[nH]c5ncccc45)C(=O)N3)c2)CC1. The van der Waals surface area contributed by atoms with E-state index in [1.807, 2.05) is 42.6 Å². The van der Waals surface area contributed by atoms with E-state index in [-0.39, 0.29) is 12.0 Å². The molecule has 2 aromatic heterocycles. The quantitative estimate of drug-likeness (QED) is 0.659. The second-order valence-electron chi connectivity index (χ2n) is 7.74. The van der Waals surface area contributed by atoms with E-state index in [4.69, 9.17) is 4.74 Å². The largest absolute Gasteiger partial charge is 0.490 e. The summed E-state index contributed by atoms with van der Waals surface area (Å²) in [6.45, 7) is 2.09. The number of aromatic amines is 1. The lowest BCUT2D eigenvalue weighted by atomic mass is 10.1. The maximum absolute atomic E-state index is 12.5. The van der Waals surface area contributed by atoms with Crippen molar-refractivity contribution in [2.75, 3.05) is 20.1 Å². The van der Waals surface area contributed by atoms with Crippen LogP contribution in [0.5, 0.6) is 5.75 Å². The number of amidine groups is 1. The van der Waals surface area contributed by atoms with Crippen LogP contribution in [0.3, 0.4) is 0 Å². The van der Waals surface area contributed by atoms with Gasteiger partial charge < -0.3 is 19.9 Å². The summed E-state index contributed by atoms with van der Waals surface area (Å²) in [5.74, 6) is 1.13. The van der Waals surface area contributed by atoms with Crippen LogP contribution >= 0.6 is 0 Å². The van der Waals surface area contributed by atoms with Crippen LogP contribution in [0.4, 0.5) is 0 Å². The van der Waals surface area contributed by atoms with Crippen LogP contribution in [0.1, 0.15) is 24.0 Å². The molecular weight excluding hydrogens is 378 g/mol. The number of benzene rings is 1. The average molecular weight is 401 g/mol. The van der Waals surface area contributed by atoms with E-state index in [2.05, 4.69) is 32.2 Å². The van der Waals surface area contributed by atoms with Gasteiger partial charge in [0.05, 0.1) is 0 Å². The number of H-pyrrole nitrogens is 1. The number of hydrogen-bond donors (Lipinski definition) is 2. The monoisotopic (exact) mass is 401 g/mol. The summed E-state index contributed by atoms with van der Waals surface area (Å²) >= 11 is 0. The summed E-state index contributed by atoms with van der Waals surface area (Å²) in [5, 5.41) is 3.83. The number of fused-ring (bicyclic) bond motifs is 1. The highest BCUT2D eigenvalue weighted by Crippen LogP contribution is 2.23. The number of rotatable bonds is 4. The Hall–Kier alpha value is -3.45. The molecule has 7 nitrogen and oxygen atoms in total. The van der Waals surface area contributed by atoms with E-state index < -0.39 is 0 Å². The van der Waals surface area contributed by atoms with Crippen molar-refractivity contribution in [3.05, 3.63) is 65.6 Å². The molecule has 0 aliphatic carbocycles. The zero-order valence-corrected chi connectivity index (χ0v) is 16.8. The first-order valence-electron chi connectivity index (χ1n) is 10.2. The minimum Gasteiger partial charge on any atom is -0.490 e. The number of amides is 1. The smallest absolute Gasteiger partial charge is 0.275 e. The number of hydrogen-bond acceptors (Lipinski definition) is 5. The van der Waals surface area contributed by atoms with Gasteiger partial charge >= 0.3 is 0 Å². The molecule has 3 aromatic rings. The summed E-state index contributed by atoms with van der Waals surface area (Å²) in [6.07, 6.45) is 7.61. The van der Waals surface area contributed by atoms with Crippen LogP contribution in [0.25, 0.3) is 17.1 Å². The van der Waals surface area contributed by atoms with Gasteiger partial charge in [-0.3, -0.25) is 4.79 Å². The fourth-order valence-corrected chi connectivity index (χ4v) is 3.86. The number of ether oxygens (including phenoxy) is 1. The van der Waals surface area contributed by atoms with Crippen molar-refractivity contribution < 1.29 is 9.53 Å². The molecule has 0 unspecified atom stereocenters. The van der Waals surface area contributed by atoms with Gasteiger partial charge in [-0.05, 0) is 50.2 Å². The molecule has 2 aliphatic heterocycles. The predicted molar refractivity (Wildman–Crippen MR) is 116 cm³/mol. The van der Waals surface area contributed by atoms with E-state index in [1.165, 1.54) is 0 Å². The first-order chi connectivity index (χ1) is 14.7. The Morgan fingerprint density at radius 2 is 2.07 bits per heavy atom. The summed E-state index contributed by atoms with van der Waals surface area (Å²) in [6, 6.07) is 11.6. The molecule has 1 saturated heterocycles. The highest BCUT2D eigenvalue weighted by Gasteiger charge is 2.23. The summed E-state index contributed by atoms with van der Waals surface area (Å²) in [7, 11) is 2.13. The van der Waals surface area contributed by atoms with Crippen LogP contribution in [-0.4, -0.2) is 52.9 Å². The second kappa shape index (κ2) is 7.76.